The van der Waals surface area contributed by atoms with Gasteiger partial charge in [-0.1, -0.05) is 0 Å². The Balaban J connectivity index is 2.18. The van der Waals surface area contributed by atoms with E-state index in [9.17, 15) is 14.5 Å². The Morgan fingerprint density at radius 1 is 1.37 bits per heavy atom. The standard InChI is InChI=1S/C11H8FN3O4/c12-9-3-8(1-2-10(9)15(17)18)19-11-13-4-7(6-16)5-14-11/h1-5,16H,6H2. The number of rotatable bonds is 4. The molecule has 0 bridgehead atoms. The minimum Gasteiger partial charge on any atom is -0.424 e. The van der Waals surface area contributed by atoms with Crippen molar-refractivity contribution in [2.45, 2.75) is 6.61 Å². The number of nitro groups is 1. The topological polar surface area (TPSA) is 98.4 Å². The molecular formula is C11H8FN3O4. The van der Waals surface area contributed by atoms with Crippen molar-refractivity contribution in [2.75, 3.05) is 0 Å². The van der Waals surface area contributed by atoms with Crippen molar-refractivity contribution in [3.8, 4) is 11.8 Å². The molecule has 0 aliphatic carbocycles. The molecule has 0 spiro atoms. The zero-order chi connectivity index (χ0) is 13.8. The lowest BCUT2D eigenvalue weighted by Gasteiger charge is -2.04. The van der Waals surface area contributed by atoms with Gasteiger partial charge in [0.1, 0.15) is 5.75 Å². The molecule has 2 aromatic rings. The molecule has 0 saturated heterocycles. The molecule has 0 atom stereocenters. The quantitative estimate of drug-likeness (QED) is 0.668. The Bertz CT molecular complexity index is 603. The number of aromatic nitrogens is 2. The van der Waals surface area contributed by atoms with Gasteiger partial charge in [-0.25, -0.2) is 9.97 Å². The second kappa shape index (κ2) is 5.36. The molecule has 0 saturated carbocycles. The van der Waals surface area contributed by atoms with Crippen LogP contribution in [0.15, 0.2) is 30.6 Å². The predicted molar refractivity (Wildman–Crippen MR) is 61.1 cm³/mol. The van der Waals surface area contributed by atoms with Gasteiger partial charge in [-0.15, -0.1) is 0 Å². The summed E-state index contributed by atoms with van der Waals surface area (Å²) in [5, 5.41) is 19.2. The van der Waals surface area contributed by atoms with Gasteiger partial charge < -0.3 is 9.84 Å². The number of aliphatic hydroxyl groups is 1. The predicted octanol–water partition coefficient (Wildman–Crippen LogP) is 1.81. The molecule has 8 heteroatoms. The van der Waals surface area contributed by atoms with E-state index in [0.29, 0.717) is 5.56 Å². The van der Waals surface area contributed by atoms with Crippen LogP contribution in [-0.4, -0.2) is 20.0 Å². The van der Waals surface area contributed by atoms with Crippen LogP contribution in [-0.2, 0) is 6.61 Å². The minimum absolute atomic E-state index is 0.0415. The van der Waals surface area contributed by atoms with Gasteiger partial charge in [0.2, 0.25) is 5.82 Å². The molecule has 98 valence electrons. The van der Waals surface area contributed by atoms with Crippen molar-refractivity contribution >= 4 is 5.69 Å². The van der Waals surface area contributed by atoms with Crippen LogP contribution in [0.5, 0.6) is 11.8 Å². The van der Waals surface area contributed by atoms with E-state index in [-0.39, 0.29) is 18.4 Å². The summed E-state index contributed by atoms with van der Waals surface area (Å²) >= 11 is 0. The van der Waals surface area contributed by atoms with E-state index in [4.69, 9.17) is 9.84 Å². The zero-order valence-electron chi connectivity index (χ0n) is 9.49. The first kappa shape index (κ1) is 12.8. The summed E-state index contributed by atoms with van der Waals surface area (Å²) in [5.41, 5.74) is -0.133. The van der Waals surface area contributed by atoms with Gasteiger partial charge in [-0.05, 0) is 6.07 Å². The van der Waals surface area contributed by atoms with Crippen LogP contribution in [0.2, 0.25) is 0 Å². The van der Waals surface area contributed by atoms with E-state index in [0.717, 1.165) is 12.1 Å². The van der Waals surface area contributed by atoms with Crippen LogP contribution in [0.4, 0.5) is 10.1 Å². The second-order valence-corrected chi connectivity index (χ2v) is 3.50. The minimum atomic E-state index is -1.01. The van der Waals surface area contributed by atoms with Gasteiger partial charge in [0.15, 0.2) is 0 Å². The third kappa shape index (κ3) is 2.99. The van der Waals surface area contributed by atoms with Crippen LogP contribution < -0.4 is 4.74 Å². The molecule has 1 aromatic carbocycles. The third-order valence-electron chi connectivity index (χ3n) is 2.19. The van der Waals surface area contributed by atoms with E-state index in [1.165, 1.54) is 18.5 Å². The third-order valence-corrected chi connectivity index (χ3v) is 2.19. The smallest absolute Gasteiger partial charge is 0.321 e. The Kier molecular flexibility index (Phi) is 3.62. The molecule has 1 N–H and O–H groups in total. The van der Waals surface area contributed by atoms with Crippen LogP contribution in [0.1, 0.15) is 5.56 Å². The number of benzene rings is 1. The largest absolute Gasteiger partial charge is 0.424 e. The molecule has 0 unspecified atom stereocenters. The highest BCUT2D eigenvalue weighted by atomic mass is 19.1. The van der Waals surface area contributed by atoms with Gasteiger partial charge in [0.05, 0.1) is 11.5 Å². The van der Waals surface area contributed by atoms with E-state index in [2.05, 4.69) is 9.97 Å². The Labute approximate surface area is 106 Å². The average Bonchev–Trinajstić information content (AvgIpc) is 2.39. The number of nitro benzene ring substituents is 1. The first-order chi connectivity index (χ1) is 9.10. The van der Waals surface area contributed by atoms with Crippen molar-refractivity contribution in [1.29, 1.82) is 0 Å². The molecule has 1 aromatic heterocycles. The van der Waals surface area contributed by atoms with Crippen molar-refractivity contribution < 1.29 is 19.2 Å². The fraction of sp³-hybridized carbons (Fsp3) is 0.0909. The van der Waals surface area contributed by atoms with E-state index in [1.54, 1.807) is 0 Å². The molecule has 19 heavy (non-hydrogen) atoms. The molecule has 0 aliphatic rings. The molecule has 1 heterocycles. The SMILES string of the molecule is O=[N+]([O-])c1ccc(Oc2ncc(CO)cn2)cc1F. The lowest BCUT2D eigenvalue weighted by atomic mass is 10.3. The number of hydrogen-bond acceptors (Lipinski definition) is 6. The van der Waals surface area contributed by atoms with Gasteiger partial charge in [0, 0.05) is 30.1 Å². The number of halogens is 1. The van der Waals surface area contributed by atoms with Crippen molar-refractivity contribution in [3.05, 3.63) is 52.1 Å². The normalized spacial score (nSPS) is 10.2. The second-order valence-electron chi connectivity index (χ2n) is 3.50. The summed E-state index contributed by atoms with van der Waals surface area (Å²) < 4.78 is 18.5. The van der Waals surface area contributed by atoms with Crippen molar-refractivity contribution in [1.82, 2.24) is 9.97 Å². The Hall–Kier alpha value is -2.61. The summed E-state index contributed by atoms with van der Waals surface area (Å²) in [6.45, 7) is -0.202. The van der Waals surface area contributed by atoms with Crippen molar-refractivity contribution in [3.63, 3.8) is 0 Å². The van der Waals surface area contributed by atoms with Crippen molar-refractivity contribution in [2.24, 2.45) is 0 Å². The summed E-state index contributed by atoms with van der Waals surface area (Å²) in [5.74, 6) is -0.964. The fourth-order valence-corrected chi connectivity index (χ4v) is 1.28. The maximum Gasteiger partial charge on any atom is 0.321 e. The maximum absolute atomic E-state index is 13.3. The molecule has 0 aliphatic heterocycles. The Morgan fingerprint density at radius 2 is 2.05 bits per heavy atom. The van der Waals surface area contributed by atoms with Crippen LogP contribution in [0, 0.1) is 15.9 Å². The van der Waals surface area contributed by atoms with Gasteiger partial charge >= 0.3 is 11.7 Å². The first-order valence-corrected chi connectivity index (χ1v) is 5.13. The number of ether oxygens (including phenoxy) is 1. The molecule has 2 rings (SSSR count). The van der Waals surface area contributed by atoms with E-state index < -0.39 is 16.4 Å². The average molecular weight is 265 g/mol. The number of nitrogens with zero attached hydrogens (tertiary/aromatic N) is 3. The highest BCUT2D eigenvalue weighted by molar-refractivity contribution is 5.38. The first-order valence-electron chi connectivity index (χ1n) is 5.13. The highest BCUT2D eigenvalue weighted by Crippen LogP contribution is 2.24. The molecule has 0 amide bonds. The Morgan fingerprint density at radius 3 is 2.58 bits per heavy atom. The monoisotopic (exact) mass is 265 g/mol. The van der Waals surface area contributed by atoms with E-state index >= 15 is 0 Å². The van der Waals surface area contributed by atoms with Gasteiger partial charge in [-0.2, -0.15) is 4.39 Å². The molecule has 7 nitrogen and oxygen atoms in total. The summed E-state index contributed by atoms with van der Waals surface area (Å²) in [7, 11) is 0. The molecule has 0 fully saturated rings. The van der Waals surface area contributed by atoms with Crippen LogP contribution >= 0.6 is 0 Å². The fourth-order valence-electron chi connectivity index (χ4n) is 1.28. The molecule has 0 radical (unpaired) electrons. The molecular weight excluding hydrogens is 257 g/mol. The lowest BCUT2D eigenvalue weighted by Crippen LogP contribution is -1.96. The zero-order valence-corrected chi connectivity index (χ0v) is 9.49. The van der Waals surface area contributed by atoms with Crippen LogP contribution in [0.3, 0.4) is 0 Å². The van der Waals surface area contributed by atoms with Gasteiger partial charge in [-0.3, -0.25) is 10.1 Å². The van der Waals surface area contributed by atoms with Gasteiger partial charge in [0.25, 0.3) is 0 Å². The highest BCUT2D eigenvalue weighted by Gasteiger charge is 2.14. The summed E-state index contributed by atoms with van der Waals surface area (Å²) in [4.78, 5) is 17.2. The summed E-state index contributed by atoms with van der Waals surface area (Å²) in [6, 6.07) is 3.06. The number of hydrogen-bond donors (Lipinski definition) is 1. The van der Waals surface area contributed by atoms with E-state index in [1.807, 2.05) is 0 Å². The maximum atomic E-state index is 13.3. The van der Waals surface area contributed by atoms with Crippen LogP contribution in [0.25, 0.3) is 0 Å². The summed E-state index contributed by atoms with van der Waals surface area (Å²) in [6.07, 6.45) is 2.70. The lowest BCUT2D eigenvalue weighted by molar-refractivity contribution is -0.387. The number of aliphatic hydroxyl groups excluding tert-OH is 1.